The average molecular weight is 368 g/mol. The molecule has 8 heteroatoms. The van der Waals surface area contributed by atoms with E-state index in [9.17, 15) is 10.1 Å². The quantitative estimate of drug-likeness (QED) is 0.604. The molecular weight excluding hydrogens is 344 g/mol. The maximum Gasteiger partial charge on any atom is 0.353 e. The molecule has 2 aliphatic heterocycles. The third-order valence-corrected chi connectivity index (χ3v) is 5.52. The lowest BCUT2D eigenvalue weighted by atomic mass is 10.00. The molecule has 0 aliphatic carbocycles. The van der Waals surface area contributed by atoms with Crippen molar-refractivity contribution in [3.63, 3.8) is 0 Å². The van der Waals surface area contributed by atoms with E-state index in [1.807, 2.05) is 21.9 Å². The van der Waals surface area contributed by atoms with Gasteiger partial charge in [0.05, 0.1) is 4.92 Å². The van der Waals surface area contributed by atoms with E-state index >= 15 is 0 Å². The Balaban J connectivity index is 1.65. The minimum absolute atomic E-state index is 0.0295. The third kappa shape index (κ3) is 3.44. The molecule has 8 nitrogen and oxygen atoms in total. The Morgan fingerprint density at radius 3 is 2.33 bits per heavy atom. The highest BCUT2D eigenvalue weighted by Gasteiger charge is 2.32. The van der Waals surface area contributed by atoms with E-state index in [2.05, 4.69) is 33.9 Å². The first-order valence-corrected chi connectivity index (χ1v) is 9.45. The Hall–Kier alpha value is -2.74. The fourth-order valence-corrected chi connectivity index (χ4v) is 3.94. The van der Waals surface area contributed by atoms with Gasteiger partial charge < -0.3 is 14.7 Å². The molecule has 0 radical (unpaired) electrons. The number of fused-ring (bicyclic) bond motifs is 1. The monoisotopic (exact) mass is 368 g/mol. The average Bonchev–Trinajstić information content (AvgIpc) is 2.73. The fraction of sp³-hybridized carbons (Fsp3) is 0.474. The molecule has 0 atom stereocenters. The molecule has 0 unspecified atom stereocenters. The minimum Gasteiger partial charge on any atom is -0.348 e. The molecule has 27 heavy (non-hydrogen) atoms. The van der Waals surface area contributed by atoms with Crippen molar-refractivity contribution in [3.8, 4) is 0 Å². The summed E-state index contributed by atoms with van der Waals surface area (Å²) in [5, 5.41) is 12.0. The first-order valence-electron chi connectivity index (χ1n) is 9.45. The molecule has 0 bridgehead atoms. The molecule has 2 aliphatic rings. The van der Waals surface area contributed by atoms with Gasteiger partial charge in [-0.25, -0.2) is 9.97 Å². The van der Waals surface area contributed by atoms with Gasteiger partial charge in [-0.1, -0.05) is 31.2 Å². The van der Waals surface area contributed by atoms with Crippen LogP contribution in [0, 0.1) is 10.1 Å². The molecule has 4 rings (SSSR count). The standard InChI is InChI=1S/C19H24N6O2/c1-2-22-9-11-23(12-10-22)18-17(25(26)27)19(21-14-20-18)24-8-7-15-5-3-4-6-16(15)13-24/h3-6,14H,2,7-13H2,1H3. The van der Waals surface area contributed by atoms with Crippen LogP contribution in [0.3, 0.4) is 0 Å². The van der Waals surface area contributed by atoms with Gasteiger partial charge in [-0.15, -0.1) is 0 Å². The van der Waals surface area contributed by atoms with Crippen LogP contribution in [0.4, 0.5) is 17.3 Å². The van der Waals surface area contributed by atoms with E-state index in [0.717, 1.165) is 45.7 Å². The molecule has 1 fully saturated rings. The van der Waals surface area contributed by atoms with Crippen molar-refractivity contribution in [2.75, 3.05) is 49.1 Å². The number of rotatable bonds is 4. The summed E-state index contributed by atoms with van der Waals surface area (Å²) in [5.41, 5.74) is 2.54. The second-order valence-corrected chi connectivity index (χ2v) is 6.99. The number of anilines is 2. The molecule has 3 heterocycles. The summed E-state index contributed by atoms with van der Waals surface area (Å²) in [6.07, 6.45) is 2.33. The van der Waals surface area contributed by atoms with E-state index in [1.54, 1.807) is 0 Å². The van der Waals surface area contributed by atoms with Crippen molar-refractivity contribution in [2.24, 2.45) is 0 Å². The number of benzene rings is 1. The van der Waals surface area contributed by atoms with Gasteiger partial charge in [0.1, 0.15) is 6.33 Å². The molecule has 142 valence electrons. The van der Waals surface area contributed by atoms with Crippen molar-refractivity contribution in [1.29, 1.82) is 0 Å². The lowest BCUT2D eigenvalue weighted by Gasteiger charge is -2.35. The van der Waals surface area contributed by atoms with Crippen LogP contribution in [-0.4, -0.2) is 59.1 Å². The van der Waals surface area contributed by atoms with Crippen LogP contribution in [0.2, 0.25) is 0 Å². The minimum atomic E-state index is -0.322. The number of hydrogen-bond acceptors (Lipinski definition) is 7. The first kappa shape index (κ1) is 17.7. The molecule has 2 aromatic rings. The Kier molecular flexibility index (Phi) is 4.89. The van der Waals surface area contributed by atoms with Crippen LogP contribution in [0.15, 0.2) is 30.6 Å². The summed E-state index contributed by atoms with van der Waals surface area (Å²) < 4.78 is 0. The van der Waals surface area contributed by atoms with E-state index in [-0.39, 0.29) is 10.6 Å². The second-order valence-electron chi connectivity index (χ2n) is 6.99. The maximum absolute atomic E-state index is 12.0. The van der Waals surface area contributed by atoms with Gasteiger partial charge in [0, 0.05) is 39.3 Å². The van der Waals surface area contributed by atoms with Gasteiger partial charge in [0.15, 0.2) is 0 Å². The van der Waals surface area contributed by atoms with Crippen molar-refractivity contribution >= 4 is 17.3 Å². The van der Waals surface area contributed by atoms with Gasteiger partial charge in [0.25, 0.3) is 0 Å². The molecular formula is C19H24N6O2. The molecule has 1 saturated heterocycles. The summed E-state index contributed by atoms with van der Waals surface area (Å²) in [7, 11) is 0. The van der Waals surface area contributed by atoms with E-state index in [4.69, 9.17) is 0 Å². The smallest absolute Gasteiger partial charge is 0.348 e. The van der Waals surface area contributed by atoms with E-state index in [0.29, 0.717) is 18.2 Å². The van der Waals surface area contributed by atoms with Crippen LogP contribution in [0.5, 0.6) is 0 Å². The van der Waals surface area contributed by atoms with Crippen LogP contribution in [-0.2, 0) is 13.0 Å². The topological polar surface area (TPSA) is 78.6 Å². The van der Waals surface area contributed by atoms with Crippen molar-refractivity contribution in [2.45, 2.75) is 19.9 Å². The summed E-state index contributed by atoms with van der Waals surface area (Å²) in [6.45, 7) is 7.76. The highest BCUT2D eigenvalue weighted by Crippen LogP contribution is 2.36. The van der Waals surface area contributed by atoms with Crippen LogP contribution in [0.25, 0.3) is 0 Å². The molecule has 0 saturated carbocycles. The summed E-state index contributed by atoms with van der Waals surface area (Å²) >= 11 is 0. The number of hydrogen-bond donors (Lipinski definition) is 0. The van der Waals surface area contributed by atoms with Gasteiger partial charge in [-0.05, 0) is 24.1 Å². The summed E-state index contributed by atoms with van der Waals surface area (Å²) in [6, 6.07) is 8.25. The maximum atomic E-state index is 12.0. The molecule has 1 aromatic carbocycles. The normalized spacial score (nSPS) is 17.7. The number of aromatic nitrogens is 2. The van der Waals surface area contributed by atoms with Gasteiger partial charge in [-0.2, -0.15) is 0 Å². The number of nitrogens with zero attached hydrogens (tertiary/aromatic N) is 6. The van der Waals surface area contributed by atoms with Crippen LogP contribution < -0.4 is 9.80 Å². The van der Waals surface area contributed by atoms with Crippen molar-refractivity contribution in [3.05, 3.63) is 51.8 Å². The van der Waals surface area contributed by atoms with Gasteiger partial charge in [0.2, 0.25) is 11.6 Å². The van der Waals surface area contributed by atoms with Crippen LogP contribution >= 0.6 is 0 Å². The largest absolute Gasteiger partial charge is 0.353 e. The van der Waals surface area contributed by atoms with Gasteiger partial charge in [-0.3, -0.25) is 10.1 Å². The number of likely N-dealkylation sites (N-methyl/N-ethyl adjacent to an activating group) is 1. The Labute approximate surface area is 158 Å². The highest BCUT2D eigenvalue weighted by molar-refractivity contribution is 5.71. The second kappa shape index (κ2) is 7.48. The zero-order valence-corrected chi connectivity index (χ0v) is 15.5. The van der Waals surface area contributed by atoms with Crippen LogP contribution in [0.1, 0.15) is 18.1 Å². The lowest BCUT2D eigenvalue weighted by Crippen LogP contribution is -2.46. The van der Waals surface area contributed by atoms with Gasteiger partial charge >= 0.3 is 5.69 Å². The highest BCUT2D eigenvalue weighted by atomic mass is 16.6. The third-order valence-electron chi connectivity index (χ3n) is 5.52. The van der Waals surface area contributed by atoms with E-state index < -0.39 is 0 Å². The molecule has 0 amide bonds. The summed E-state index contributed by atoms with van der Waals surface area (Å²) in [5.74, 6) is 0.872. The Bertz CT molecular complexity index is 835. The SMILES string of the molecule is CCN1CCN(c2ncnc(N3CCc4ccccc4C3)c2[N+](=O)[O-])CC1. The molecule has 0 spiro atoms. The number of nitro groups is 1. The summed E-state index contributed by atoms with van der Waals surface area (Å²) in [4.78, 5) is 26.6. The predicted octanol–water partition coefficient (Wildman–Crippen LogP) is 2.09. The lowest BCUT2D eigenvalue weighted by molar-refractivity contribution is -0.383. The van der Waals surface area contributed by atoms with Crippen molar-refractivity contribution < 1.29 is 4.92 Å². The number of piperazine rings is 1. The Morgan fingerprint density at radius 1 is 1.00 bits per heavy atom. The van der Waals surface area contributed by atoms with E-state index in [1.165, 1.54) is 17.5 Å². The first-order chi connectivity index (χ1) is 13.2. The zero-order valence-electron chi connectivity index (χ0n) is 15.5. The van der Waals surface area contributed by atoms with Crippen molar-refractivity contribution in [1.82, 2.24) is 14.9 Å². The Morgan fingerprint density at radius 2 is 1.67 bits per heavy atom. The molecule has 1 aromatic heterocycles. The zero-order chi connectivity index (χ0) is 18.8. The predicted molar refractivity (Wildman–Crippen MR) is 104 cm³/mol. The molecule has 0 N–H and O–H groups in total. The fourth-order valence-electron chi connectivity index (χ4n) is 3.94.